The Hall–Kier alpha value is -2.99. The Morgan fingerprint density at radius 3 is 2.39 bits per heavy atom. The Bertz CT molecular complexity index is 951. The van der Waals surface area contributed by atoms with Gasteiger partial charge >= 0.3 is 0 Å². The minimum absolute atomic E-state index is 0.470. The van der Waals surface area contributed by atoms with Gasteiger partial charge in [0.15, 0.2) is 0 Å². The third kappa shape index (κ3) is 4.64. The first kappa shape index (κ1) is 19.8. The molecule has 0 fully saturated rings. The topological polar surface area (TPSA) is 59.5 Å². The van der Waals surface area contributed by atoms with Gasteiger partial charge in [-0.15, -0.1) is 0 Å². The number of benzene rings is 2. The predicted molar refractivity (Wildman–Crippen MR) is 113 cm³/mol. The third-order valence-corrected chi connectivity index (χ3v) is 4.51. The molecular formula is C21H23ClN4O2. The van der Waals surface area contributed by atoms with E-state index in [0.29, 0.717) is 28.2 Å². The van der Waals surface area contributed by atoms with Crippen molar-refractivity contribution >= 4 is 29.1 Å². The van der Waals surface area contributed by atoms with Gasteiger partial charge in [0.1, 0.15) is 17.3 Å². The quantitative estimate of drug-likeness (QED) is 0.614. The predicted octanol–water partition coefficient (Wildman–Crippen LogP) is 4.84. The Balaban J connectivity index is 1.88. The first-order valence-corrected chi connectivity index (χ1v) is 9.17. The Kier molecular flexibility index (Phi) is 6.21. The number of nitrogens with one attached hydrogen (secondary N) is 1. The standard InChI is InChI=1S/C21H23ClN4O2/c1-14-10-20(26(2)13-15-8-6-5-7-9-15)25-21(23-14)24-17-12-18(27-3)16(22)11-19(17)28-4/h5-12H,13H2,1-4H3,(H,23,24,25). The third-order valence-electron chi connectivity index (χ3n) is 4.21. The number of halogens is 1. The molecular weight excluding hydrogens is 376 g/mol. The maximum absolute atomic E-state index is 6.18. The second-order valence-corrected chi connectivity index (χ2v) is 6.75. The van der Waals surface area contributed by atoms with Crippen LogP contribution in [0.15, 0.2) is 48.5 Å². The van der Waals surface area contributed by atoms with E-state index >= 15 is 0 Å². The molecule has 1 aromatic heterocycles. The first-order chi connectivity index (χ1) is 13.5. The molecule has 1 N–H and O–H groups in total. The Morgan fingerprint density at radius 1 is 1.00 bits per heavy atom. The van der Waals surface area contributed by atoms with Crippen molar-refractivity contribution in [1.82, 2.24) is 9.97 Å². The summed E-state index contributed by atoms with van der Waals surface area (Å²) in [7, 11) is 5.15. The number of ether oxygens (including phenoxy) is 2. The van der Waals surface area contributed by atoms with Crippen molar-refractivity contribution in [1.29, 1.82) is 0 Å². The van der Waals surface area contributed by atoms with Crippen LogP contribution in [0.4, 0.5) is 17.5 Å². The largest absolute Gasteiger partial charge is 0.495 e. The molecule has 1 heterocycles. The van der Waals surface area contributed by atoms with Crippen LogP contribution in [0.2, 0.25) is 5.02 Å². The summed E-state index contributed by atoms with van der Waals surface area (Å²) in [6.45, 7) is 2.68. The number of anilines is 3. The molecule has 0 unspecified atom stereocenters. The second kappa shape index (κ2) is 8.80. The average Bonchev–Trinajstić information content (AvgIpc) is 2.69. The molecule has 0 aliphatic heterocycles. The van der Waals surface area contributed by atoms with Crippen LogP contribution in [0.25, 0.3) is 0 Å². The van der Waals surface area contributed by atoms with E-state index in [-0.39, 0.29) is 0 Å². The fraction of sp³-hybridized carbons (Fsp3) is 0.238. The van der Waals surface area contributed by atoms with Crippen LogP contribution in [0, 0.1) is 6.92 Å². The summed E-state index contributed by atoms with van der Waals surface area (Å²) in [4.78, 5) is 11.2. The van der Waals surface area contributed by atoms with Gasteiger partial charge < -0.3 is 19.7 Å². The van der Waals surface area contributed by atoms with E-state index in [1.165, 1.54) is 5.56 Å². The lowest BCUT2D eigenvalue weighted by atomic mass is 10.2. The number of hydrogen-bond donors (Lipinski definition) is 1. The van der Waals surface area contributed by atoms with Gasteiger partial charge in [-0.25, -0.2) is 4.98 Å². The van der Waals surface area contributed by atoms with Crippen LogP contribution >= 0.6 is 11.6 Å². The molecule has 3 aromatic rings. The first-order valence-electron chi connectivity index (χ1n) is 8.79. The van der Waals surface area contributed by atoms with Crippen LogP contribution in [-0.2, 0) is 6.54 Å². The fourth-order valence-electron chi connectivity index (χ4n) is 2.82. The molecule has 6 nitrogen and oxygen atoms in total. The van der Waals surface area contributed by atoms with Crippen molar-refractivity contribution < 1.29 is 9.47 Å². The highest BCUT2D eigenvalue weighted by molar-refractivity contribution is 6.32. The Morgan fingerprint density at radius 2 is 1.71 bits per heavy atom. The van der Waals surface area contributed by atoms with Gasteiger partial charge in [0.05, 0.1) is 24.9 Å². The van der Waals surface area contributed by atoms with Crippen LogP contribution in [0.1, 0.15) is 11.3 Å². The van der Waals surface area contributed by atoms with E-state index in [4.69, 9.17) is 21.1 Å². The number of nitrogens with zero attached hydrogens (tertiary/aromatic N) is 3. The highest BCUT2D eigenvalue weighted by Gasteiger charge is 2.13. The molecule has 0 amide bonds. The molecule has 0 saturated carbocycles. The number of rotatable bonds is 7. The molecule has 0 atom stereocenters. The van der Waals surface area contributed by atoms with E-state index in [1.54, 1.807) is 26.4 Å². The monoisotopic (exact) mass is 398 g/mol. The van der Waals surface area contributed by atoms with Gasteiger partial charge in [0, 0.05) is 37.5 Å². The summed E-state index contributed by atoms with van der Waals surface area (Å²) in [5, 5.41) is 3.68. The van der Waals surface area contributed by atoms with Gasteiger partial charge in [0.2, 0.25) is 5.95 Å². The molecule has 0 bridgehead atoms. The van der Waals surface area contributed by atoms with Gasteiger partial charge in [-0.1, -0.05) is 41.9 Å². The molecule has 0 spiro atoms. The van der Waals surface area contributed by atoms with Crippen LogP contribution in [-0.4, -0.2) is 31.2 Å². The molecule has 0 saturated heterocycles. The molecule has 2 aromatic carbocycles. The van der Waals surface area contributed by atoms with Crippen LogP contribution in [0.5, 0.6) is 11.5 Å². The summed E-state index contributed by atoms with van der Waals surface area (Å²) in [5.74, 6) is 2.41. The molecule has 3 rings (SSSR count). The lowest BCUT2D eigenvalue weighted by molar-refractivity contribution is 0.405. The van der Waals surface area contributed by atoms with Gasteiger partial charge in [0.25, 0.3) is 0 Å². The number of methoxy groups -OCH3 is 2. The number of aromatic nitrogens is 2. The maximum Gasteiger partial charge on any atom is 0.229 e. The van der Waals surface area contributed by atoms with E-state index in [9.17, 15) is 0 Å². The molecule has 0 aliphatic rings. The Labute approximate surface area is 170 Å². The minimum Gasteiger partial charge on any atom is -0.495 e. The van der Waals surface area contributed by atoms with Gasteiger partial charge in [-0.2, -0.15) is 4.98 Å². The SMILES string of the molecule is COc1cc(Nc2nc(C)cc(N(C)Cc3ccccc3)n2)c(OC)cc1Cl. The molecule has 146 valence electrons. The molecule has 0 aliphatic carbocycles. The van der Waals surface area contributed by atoms with Crippen molar-refractivity contribution in [3.8, 4) is 11.5 Å². The summed E-state index contributed by atoms with van der Waals surface area (Å²) in [6, 6.07) is 15.7. The molecule has 28 heavy (non-hydrogen) atoms. The van der Waals surface area contributed by atoms with Crippen LogP contribution in [0.3, 0.4) is 0 Å². The van der Waals surface area contributed by atoms with E-state index in [2.05, 4.69) is 32.3 Å². The number of aryl methyl sites for hydroxylation is 1. The van der Waals surface area contributed by atoms with Crippen molar-refractivity contribution in [3.63, 3.8) is 0 Å². The lowest BCUT2D eigenvalue weighted by Crippen LogP contribution is -2.18. The highest BCUT2D eigenvalue weighted by Crippen LogP contribution is 2.37. The smallest absolute Gasteiger partial charge is 0.229 e. The maximum atomic E-state index is 6.18. The summed E-state index contributed by atoms with van der Waals surface area (Å²) in [5.41, 5.74) is 2.73. The molecule has 0 radical (unpaired) electrons. The number of hydrogen-bond acceptors (Lipinski definition) is 6. The summed E-state index contributed by atoms with van der Waals surface area (Å²) >= 11 is 6.18. The fourth-order valence-corrected chi connectivity index (χ4v) is 3.05. The lowest BCUT2D eigenvalue weighted by Gasteiger charge is -2.20. The van der Waals surface area contributed by atoms with Gasteiger partial charge in [-0.3, -0.25) is 0 Å². The summed E-state index contributed by atoms with van der Waals surface area (Å²) in [6.07, 6.45) is 0. The average molecular weight is 399 g/mol. The van der Waals surface area contributed by atoms with Crippen molar-refractivity contribution in [2.75, 3.05) is 31.5 Å². The van der Waals surface area contributed by atoms with E-state index in [0.717, 1.165) is 18.1 Å². The van der Waals surface area contributed by atoms with Gasteiger partial charge in [-0.05, 0) is 12.5 Å². The van der Waals surface area contributed by atoms with Crippen molar-refractivity contribution in [3.05, 3.63) is 64.8 Å². The van der Waals surface area contributed by atoms with Crippen molar-refractivity contribution in [2.45, 2.75) is 13.5 Å². The van der Waals surface area contributed by atoms with E-state index < -0.39 is 0 Å². The zero-order chi connectivity index (χ0) is 20.1. The zero-order valence-electron chi connectivity index (χ0n) is 16.4. The zero-order valence-corrected chi connectivity index (χ0v) is 17.1. The van der Waals surface area contributed by atoms with Crippen LogP contribution < -0.4 is 19.7 Å². The molecule has 7 heteroatoms. The second-order valence-electron chi connectivity index (χ2n) is 6.34. The normalized spacial score (nSPS) is 10.5. The minimum atomic E-state index is 0.470. The summed E-state index contributed by atoms with van der Waals surface area (Å²) < 4.78 is 10.7. The highest BCUT2D eigenvalue weighted by atomic mass is 35.5. The van der Waals surface area contributed by atoms with E-state index in [1.807, 2.05) is 38.2 Å². The van der Waals surface area contributed by atoms with Crippen molar-refractivity contribution in [2.24, 2.45) is 0 Å².